The van der Waals surface area contributed by atoms with Crippen LogP contribution in [-0.4, -0.2) is 11.7 Å². The van der Waals surface area contributed by atoms with Crippen LogP contribution in [0.2, 0.25) is 0 Å². The molecule has 0 spiro atoms. The minimum absolute atomic E-state index is 0.0329. The summed E-state index contributed by atoms with van der Waals surface area (Å²) in [6, 6.07) is 21.8. The average Bonchev–Trinajstić information content (AvgIpc) is 2.92. The van der Waals surface area contributed by atoms with Crippen molar-refractivity contribution in [2.75, 3.05) is 4.90 Å². The molecule has 0 saturated heterocycles. The summed E-state index contributed by atoms with van der Waals surface area (Å²) in [7, 11) is 0. The largest absolute Gasteiger partial charge is 0.268 e. The molecular weight excluding hydrogens is 320 g/mol. The third-order valence-electron chi connectivity index (χ3n) is 4.76. The molecule has 0 atom stereocenters. The maximum Gasteiger partial charge on any atom is 0.264 e. The van der Waals surface area contributed by atoms with Gasteiger partial charge in [-0.3, -0.25) is 9.69 Å². The maximum absolute atomic E-state index is 13.1. The van der Waals surface area contributed by atoms with Gasteiger partial charge in [0.1, 0.15) is 5.84 Å². The molecule has 1 aliphatic rings. The summed E-state index contributed by atoms with van der Waals surface area (Å²) < 4.78 is 0. The second-order valence-electron chi connectivity index (χ2n) is 6.70. The van der Waals surface area contributed by atoms with Crippen molar-refractivity contribution in [3.63, 3.8) is 0 Å². The smallest absolute Gasteiger partial charge is 0.264 e. The molecule has 3 heteroatoms. The molecule has 0 N–H and O–H groups in total. The fraction of sp³-hybridized carbons (Fsp3) is 0.130. The van der Waals surface area contributed by atoms with Crippen molar-refractivity contribution >= 4 is 23.1 Å². The van der Waals surface area contributed by atoms with E-state index in [1.54, 1.807) is 4.90 Å². The van der Waals surface area contributed by atoms with Crippen molar-refractivity contribution in [2.24, 2.45) is 4.99 Å². The number of hydrogen-bond donors (Lipinski definition) is 0. The molecule has 3 aromatic carbocycles. The highest BCUT2D eigenvalue weighted by atomic mass is 16.2. The predicted octanol–water partition coefficient (Wildman–Crippen LogP) is 5.35. The fourth-order valence-electron chi connectivity index (χ4n) is 3.33. The number of carbonyl (C=O) groups excluding carboxylic acids is 1. The van der Waals surface area contributed by atoms with E-state index in [1.807, 2.05) is 87.5 Å². The van der Waals surface area contributed by atoms with Crippen LogP contribution in [0.5, 0.6) is 0 Å². The van der Waals surface area contributed by atoms with Crippen LogP contribution in [0.15, 0.2) is 71.7 Å². The topological polar surface area (TPSA) is 32.7 Å². The Bertz CT molecular complexity index is 1010. The lowest BCUT2D eigenvalue weighted by Crippen LogP contribution is -2.30. The first-order chi connectivity index (χ1) is 12.6. The molecule has 26 heavy (non-hydrogen) atoms. The van der Waals surface area contributed by atoms with Crippen molar-refractivity contribution in [2.45, 2.75) is 20.8 Å². The first-order valence-electron chi connectivity index (χ1n) is 8.71. The van der Waals surface area contributed by atoms with Crippen LogP contribution in [0.25, 0.3) is 0 Å². The van der Waals surface area contributed by atoms with Gasteiger partial charge in [0.05, 0.1) is 16.9 Å². The van der Waals surface area contributed by atoms with E-state index in [-0.39, 0.29) is 5.91 Å². The van der Waals surface area contributed by atoms with E-state index in [0.29, 0.717) is 11.4 Å². The van der Waals surface area contributed by atoms with Crippen LogP contribution >= 0.6 is 0 Å². The van der Waals surface area contributed by atoms with Gasteiger partial charge in [0.2, 0.25) is 0 Å². The lowest BCUT2D eigenvalue weighted by atomic mass is 10.1. The van der Waals surface area contributed by atoms with Gasteiger partial charge in [0.25, 0.3) is 5.91 Å². The zero-order valence-corrected chi connectivity index (χ0v) is 15.2. The molecular formula is C23H20N2O. The lowest BCUT2D eigenvalue weighted by molar-refractivity contribution is 0.101. The number of aryl methyl sites for hydroxylation is 3. The SMILES string of the molecule is Cc1ccc(N2C(=O)c3ccccc3C2=Nc2c(C)cccc2C)cc1. The molecule has 0 radical (unpaired) electrons. The third kappa shape index (κ3) is 2.62. The van der Waals surface area contributed by atoms with E-state index in [9.17, 15) is 4.79 Å². The number of carbonyl (C=O) groups is 1. The van der Waals surface area contributed by atoms with E-state index >= 15 is 0 Å². The Morgan fingerprint density at radius 3 is 2.00 bits per heavy atom. The summed E-state index contributed by atoms with van der Waals surface area (Å²) in [5.74, 6) is 0.654. The van der Waals surface area contributed by atoms with Gasteiger partial charge in [-0.25, -0.2) is 4.99 Å². The van der Waals surface area contributed by atoms with Crippen molar-refractivity contribution in [3.8, 4) is 0 Å². The molecule has 4 rings (SSSR count). The third-order valence-corrected chi connectivity index (χ3v) is 4.76. The first-order valence-corrected chi connectivity index (χ1v) is 8.71. The van der Waals surface area contributed by atoms with Crippen molar-refractivity contribution < 1.29 is 4.79 Å². The zero-order valence-electron chi connectivity index (χ0n) is 15.2. The molecule has 3 nitrogen and oxygen atoms in total. The van der Waals surface area contributed by atoms with Crippen LogP contribution in [0.1, 0.15) is 32.6 Å². The molecule has 1 heterocycles. The van der Waals surface area contributed by atoms with Gasteiger partial charge in [-0.2, -0.15) is 0 Å². The van der Waals surface area contributed by atoms with Gasteiger partial charge in [-0.15, -0.1) is 0 Å². The zero-order chi connectivity index (χ0) is 18.3. The van der Waals surface area contributed by atoms with Gasteiger partial charge in [0.15, 0.2) is 0 Å². The minimum atomic E-state index is -0.0329. The average molecular weight is 340 g/mol. The molecule has 3 aromatic rings. The molecule has 0 unspecified atom stereocenters. The fourth-order valence-corrected chi connectivity index (χ4v) is 3.33. The summed E-state index contributed by atoms with van der Waals surface area (Å²) in [5.41, 5.74) is 6.67. The molecule has 128 valence electrons. The Labute approximate surface area is 153 Å². The van der Waals surface area contributed by atoms with Crippen molar-refractivity contribution in [3.05, 3.63) is 94.5 Å². The van der Waals surface area contributed by atoms with Crippen LogP contribution in [0.3, 0.4) is 0 Å². The standard InChI is InChI=1S/C23H20N2O/c1-15-11-13-18(14-12-15)25-22(19-9-4-5-10-20(19)23(25)26)24-21-16(2)7-6-8-17(21)3/h4-14H,1-3H3. The van der Waals surface area contributed by atoms with E-state index in [4.69, 9.17) is 4.99 Å². The summed E-state index contributed by atoms with van der Waals surface area (Å²) in [6.45, 7) is 6.13. The molecule has 0 fully saturated rings. The normalized spacial score (nSPS) is 14.8. The monoisotopic (exact) mass is 340 g/mol. The number of rotatable bonds is 2. The summed E-state index contributed by atoms with van der Waals surface area (Å²) in [6.07, 6.45) is 0. The van der Waals surface area contributed by atoms with Crippen LogP contribution in [-0.2, 0) is 0 Å². The van der Waals surface area contributed by atoms with Gasteiger partial charge in [-0.05, 0) is 50.1 Å². The van der Waals surface area contributed by atoms with Crippen molar-refractivity contribution in [1.82, 2.24) is 0 Å². The minimum Gasteiger partial charge on any atom is -0.268 e. The molecule has 1 amide bonds. The number of fused-ring (bicyclic) bond motifs is 1. The van der Waals surface area contributed by atoms with Crippen LogP contribution < -0.4 is 4.90 Å². The number of amidine groups is 1. The van der Waals surface area contributed by atoms with Gasteiger partial charge in [0, 0.05) is 5.56 Å². The Balaban J connectivity index is 1.94. The molecule has 0 bridgehead atoms. The number of aliphatic imine (C=N–C) groups is 1. The highest BCUT2D eigenvalue weighted by Gasteiger charge is 2.34. The first kappa shape index (κ1) is 16.3. The quantitative estimate of drug-likeness (QED) is 0.619. The summed E-state index contributed by atoms with van der Waals surface area (Å²) in [5, 5.41) is 0. The van der Waals surface area contributed by atoms with Crippen molar-refractivity contribution in [1.29, 1.82) is 0 Å². The molecule has 0 aromatic heterocycles. The van der Waals surface area contributed by atoms with Gasteiger partial charge >= 0.3 is 0 Å². The number of amides is 1. The second kappa shape index (κ2) is 6.26. The molecule has 0 saturated carbocycles. The highest BCUT2D eigenvalue weighted by Crippen LogP contribution is 2.32. The van der Waals surface area contributed by atoms with Gasteiger partial charge < -0.3 is 0 Å². The molecule has 1 aliphatic heterocycles. The Morgan fingerprint density at radius 1 is 0.731 bits per heavy atom. The summed E-state index contributed by atoms with van der Waals surface area (Å²) >= 11 is 0. The van der Waals surface area contributed by atoms with E-state index < -0.39 is 0 Å². The number of para-hydroxylation sites is 1. The molecule has 0 aliphatic carbocycles. The highest BCUT2D eigenvalue weighted by molar-refractivity contribution is 6.36. The Kier molecular flexibility index (Phi) is 3.92. The van der Waals surface area contributed by atoms with Gasteiger partial charge in [-0.1, -0.05) is 54.1 Å². The maximum atomic E-state index is 13.1. The van der Waals surface area contributed by atoms with E-state index in [1.165, 1.54) is 0 Å². The number of nitrogens with zero attached hydrogens (tertiary/aromatic N) is 2. The lowest BCUT2D eigenvalue weighted by Gasteiger charge is -2.18. The van der Waals surface area contributed by atoms with Crippen LogP contribution in [0.4, 0.5) is 11.4 Å². The number of hydrogen-bond acceptors (Lipinski definition) is 2. The number of benzene rings is 3. The van der Waals surface area contributed by atoms with E-state index in [2.05, 4.69) is 0 Å². The summed E-state index contributed by atoms with van der Waals surface area (Å²) in [4.78, 5) is 19.8. The predicted molar refractivity (Wildman–Crippen MR) is 107 cm³/mol. The second-order valence-corrected chi connectivity index (χ2v) is 6.70. The Morgan fingerprint density at radius 2 is 1.35 bits per heavy atom. The van der Waals surface area contributed by atoms with Crippen LogP contribution in [0, 0.1) is 20.8 Å². The Hall–Kier alpha value is -3.20. The van der Waals surface area contributed by atoms with E-state index in [0.717, 1.165) is 33.6 Å². The number of anilines is 1.